The van der Waals surface area contributed by atoms with E-state index in [1.807, 2.05) is 0 Å². The normalized spacial score (nSPS) is 53.4. The minimum atomic E-state index is 0.371. The Balaban J connectivity index is 2.16. The monoisotopic (exact) mass is 142 g/mol. The molecule has 10 heavy (non-hydrogen) atoms. The Bertz CT molecular complexity index is 113. The van der Waals surface area contributed by atoms with Crippen LogP contribution in [0.25, 0.3) is 0 Å². The Morgan fingerprint density at radius 1 is 1.10 bits per heavy atom. The Labute approximate surface area is 62.0 Å². The van der Waals surface area contributed by atoms with E-state index < -0.39 is 0 Å². The van der Waals surface area contributed by atoms with Crippen LogP contribution in [0.15, 0.2) is 0 Å². The van der Waals surface area contributed by atoms with Crippen LogP contribution in [0.1, 0.15) is 26.2 Å². The number of hydrogen-bond donors (Lipinski definition) is 1. The lowest BCUT2D eigenvalue weighted by atomic mass is 9.73. The second-order valence-electron chi connectivity index (χ2n) is 4.33. The SMILES string of the molecule is CC12CC[N+](O)(CC1)CC2. The maximum Gasteiger partial charge on any atom is 0.109 e. The number of quaternary nitrogens is 1. The van der Waals surface area contributed by atoms with Gasteiger partial charge in [0, 0.05) is 19.3 Å². The molecule has 2 heteroatoms. The molecule has 0 unspecified atom stereocenters. The van der Waals surface area contributed by atoms with Crippen LogP contribution in [0.2, 0.25) is 0 Å². The van der Waals surface area contributed by atoms with Crippen molar-refractivity contribution >= 4 is 0 Å². The lowest BCUT2D eigenvalue weighted by Crippen LogP contribution is -2.58. The van der Waals surface area contributed by atoms with Gasteiger partial charge in [-0.3, -0.25) is 0 Å². The molecule has 1 N–H and O–H groups in total. The molecule has 3 rings (SSSR count). The highest BCUT2D eigenvalue weighted by Gasteiger charge is 2.45. The predicted molar refractivity (Wildman–Crippen MR) is 38.6 cm³/mol. The average Bonchev–Trinajstić information content (AvgIpc) is 1.93. The Hall–Kier alpha value is -0.0800. The van der Waals surface area contributed by atoms with Crippen LogP contribution in [0, 0.1) is 5.41 Å². The van der Waals surface area contributed by atoms with E-state index in [9.17, 15) is 5.21 Å². The molecule has 0 spiro atoms. The summed E-state index contributed by atoms with van der Waals surface area (Å²) >= 11 is 0. The zero-order valence-corrected chi connectivity index (χ0v) is 6.64. The molecular weight excluding hydrogens is 126 g/mol. The highest BCUT2D eigenvalue weighted by Crippen LogP contribution is 2.41. The third-order valence-corrected chi connectivity index (χ3v) is 3.39. The average molecular weight is 142 g/mol. The molecule has 0 aliphatic carbocycles. The topological polar surface area (TPSA) is 20.2 Å². The molecule has 0 aromatic rings. The summed E-state index contributed by atoms with van der Waals surface area (Å²) in [6.45, 7) is 5.35. The zero-order valence-electron chi connectivity index (χ0n) is 6.64. The van der Waals surface area contributed by atoms with Crippen molar-refractivity contribution in [2.45, 2.75) is 26.2 Å². The largest absolute Gasteiger partial charge is 0.217 e. The van der Waals surface area contributed by atoms with Crippen LogP contribution >= 0.6 is 0 Å². The first-order chi connectivity index (χ1) is 4.62. The van der Waals surface area contributed by atoms with E-state index in [0.29, 0.717) is 10.1 Å². The molecule has 0 saturated carbocycles. The number of fused-ring (bicyclic) bond motifs is 3. The minimum absolute atomic E-state index is 0.371. The number of piperidine rings is 3. The summed E-state index contributed by atoms with van der Waals surface area (Å²) in [6, 6.07) is 0. The highest BCUT2D eigenvalue weighted by atomic mass is 16.5. The van der Waals surface area contributed by atoms with Crippen molar-refractivity contribution in [3.05, 3.63) is 0 Å². The van der Waals surface area contributed by atoms with Gasteiger partial charge in [-0.05, 0) is 5.41 Å². The van der Waals surface area contributed by atoms with Crippen LogP contribution in [0.4, 0.5) is 0 Å². The summed E-state index contributed by atoms with van der Waals surface area (Å²) in [5.74, 6) is 0. The van der Waals surface area contributed by atoms with Gasteiger partial charge >= 0.3 is 0 Å². The van der Waals surface area contributed by atoms with Gasteiger partial charge in [-0.1, -0.05) is 6.92 Å². The van der Waals surface area contributed by atoms with Crippen molar-refractivity contribution < 1.29 is 9.85 Å². The van der Waals surface area contributed by atoms with Crippen LogP contribution in [-0.4, -0.2) is 29.5 Å². The fourth-order valence-electron chi connectivity index (χ4n) is 2.14. The summed E-state index contributed by atoms with van der Waals surface area (Å²) < 4.78 is 0.371. The molecule has 58 valence electrons. The molecule has 0 atom stereocenters. The zero-order chi connectivity index (χ0) is 7.24. The highest BCUT2D eigenvalue weighted by molar-refractivity contribution is 4.80. The van der Waals surface area contributed by atoms with Gasteiger partial charge in [-0.15, -0.1) is 0 Å². The van der Waals surface area contributed by atoms with Gasteiger partial charge in [-0.25, -0.2) is 5.21 Å². The lowest BCUT2D eigenvalue weighted by Gasteiger charge is -2.48. The van der Waals surface area contributed by atoms with Gasteiger partial charge in [0.05, 0.1) is 0 Å². The van der Waals surface area contributed by atoms with E-state index >= 15 is 0 Å². The van der Waals surface area contributed by atoms with Gasteiger partial charge in [0.1, 0.15) is 19.6 Å². The first-order valence-electron chi connectivity index (χ1n) is 4.21. The lowest BCUT2D eigenvalue weighted by molar-refractivity contribution is -1.11. The summed E-state index contributed by atoms with van der Waals surface area (Å²) in [5.41, 5.74) is 0.586. The van der Waals surface area contributed by atoms with Crippen molar-refractivity contribution in [2.24, 2.45) is 5.41 Å². The van der Waals surface area contributed by atoms with Crippen LogP contribution in [0.5, 0.6) is 0 Å². The summed E-state index contributed by atoms with van der Waals surface area (Å²) in [6.07, 6.45) is 3.68. The van der Waals surface area contributed by atoms with Crippen molar-refractivity contribution in [2.75, 3.05) is 19.6 Å². The molecular formula is C8H16NO+. The molecule has 2 bridgehead atoms. The molecule has 0 aromatic carbocycles. The Kier molecular flexibility index (Phi) is 1.15. The fraction of sp³-hybridized carbons (Fsp3) is 1.00. The fourth-order valence-corrected chi connectivity index (χ4v) is 2.14. The van der Waals surface area contributed by atoms with Crippen LogP contribution in [0.3, 0.4) is 0 Å². The number of hydrogen-bond acceptors (Lipinski definition) is 1. The molecule has 2 nitrogen and oxygen atoms in total. The maximum absolute atomic E-state index is 9.77. The van der Waals surface area contributed by atoms with Crippen molar-refractivity contribution in [1.82, 2.24) is 0 Å². The van der Waals surface area contributed by atoms with Crippen molar-refractivity contribution in [3.63, 3.8) is 0 Å². The Morgan fingerprint density at radius 3 is 1.80 bits per heavy atom. The molecule has 3 fully saturated rings. The molecule has 3 aliphatic heterocycles. The number of hydroxylamine groups is 3. The predicted octanol–water partition coefficient (Wildman–Crippen LogP) is 1.40. The standard InChI is InChI=1S/C8H16NO/c1-8-2-5-9(10,6-3-8)7-4-8/h10H,2-7H2,1H3/q+1. The maximum atomic E-state index is 9.77. The van der Waals surface area contributed by atoms with Gasteiger partial charge in [0.25, 0.3) is 0 Å². The van der Waals surface area contributed by atoms with Gasteiger partial charge in [0.2, 0.25) is 0 Å². The first kappa shape index (κ1) is 6.62. The molecule has 3 saturated heterocycles. The molecule has 3 heterocycles. The van der Waals surface area contributed by atoms with Crippen molar-refractivity contribution in [1.29, 1.82) is 0 Å². The van der Waals surface area contributed by atoms with E-state index in [1.54, 1.807) is 0 Å². The van der Waals surface area contributed by atoms with Gasteiger partial charge in [0.15, 0.2) is 0 Å². The minimum Gasteiger partial charge on any atom is -0.217 e. The molecule has 3 aliphatic rings. The molecule has 0 radical (unpaired) electrons. The van der Waals surface area contributed by atoms with E-state index in [0.717, 1.165) is 19.6 Å². The second kappa shape index (κ2) is 1.74. The second-order valence-corrected chi connectivity index (χ2v) is 4.33. The van der Waals surface area contributed by atoms with E-state index in [1.165, 1.54) is 19.3 Å². The van der Waals surface area contributed by atoms with Crippen LogP contribution in [-0.2, 0) is 0 Å². The summed E-state index contributed by atoms with van der Waals surface area (Å²) in [4.78, 5) is 0. The van der Waals surface area contributed by atoms with Gasteiger partial charge in [-0.2, -0.15) is 4.65 Å². The summed E-state index contributed by atoms with van der Waals surface area (Å²) in [5, 5.41) is 9.77. The molecule has 0 aromatic heterocycles. The van der Waals surface area contributed by atoms with Gasteiger partial charge < -0.3 is 0 Å². The smallest absolute Gasteiger partial charge is 0.109 e. The number of rotatable bonds is 0. The van der Waals surface area contributed by atoms with E-state index in [4.69, 9.17) is 0 Å². The third-order valence-electron chi connectivity index (χ3n) is 3.39. The van der Waals surface area contributed by atoms with Crippen LogP contribution < -0.4 is 0 Å². The van der Waals surface area contributed by atoms with E-state index in [-0.39, 0.29) is 0 Å². The van der Waals surface area contributed by atoms with Crippen molar-refractivity contribution in [3.8, 4) is 0 Å². The third kappa shape index (κ3) is 0.867. The number of nitrogens with zero attached hydrogens (tertiary/aromatic N) is 1. The summed E-state index contributed by atoms with van der Waals surface area (Å²) in [7, 11) is 0. The molecule has 0 amide bonds. The first-order valence-corrected chi connectivity index (χ1v) is 4.21. The Morgan fingerprint density at radius 2 is 1.50 bits per heavy atom. The quantitative estimate of drug-likeness (QED) is 0.507. The van der Waals surface area contributed by atoms with E-state index in [2.05, 4.69) is 6.92 Å².